The summed E-state index contributed by atoms with van der Waals surface area (Å²) >= 11 is 0. The minimum Gasteiger partial charge on any atom is -0.342 e. The van der Waals surface area contributed by atoms with Gasteiger partial charge in [-0.15, -0.1) is 0 Å². The van der Waals surface area contributed by atoms with Gasteiger partial charge in [0.25, 0.3) is 0 Å². The zero-order chi connectivity index (χ0) is 13.9. The SMILES string of the molecule is CCN(CC)C1CCN(C(=O)C2(CN)CCC2)CC1. The van der Waals surface area contributed by atoms with Crippen LogP contribution in [0.5, 0.6) is 0 Å². The van der Waals surface area contributed by atoms with Crippen LogP contribution in [0.15, 0.2) is 0 Å². The third-order valence-corrected chi connectivity index (χ3v) is 5.24. The Morgan fingerprint density at radius 2 is 1.84 bits per heavy atom. The van der Waals surface area contributed by atoms with Crippen molar-refractivity contribution in [3.63, 3.8) is 0 Å². The van der Waals surface area contributed by atoms with Gasteiger partial charge in [0.15, 0.2) is 0 Å². The van der Waals surface area contributed by atoms with Gasteiger partial charge in [-0.2, -0.15) is 0 Å². The molecule has 110 valence electrons. The van der Waals surface area contributed by atoms with E-state index >= 15 is 0 Å². The molecule has 4 heteroatoms. The largest absolute Gasteiger partial charge is 0.342 e. The fourth-order valence-electron chi connectivity index (χ4n) is 3.62. The van der Waals surface area contributed by atoms with Gasteiger partial charge in [-0.1, -0.05) is 20.3 Å². The molecule has 1 amide bonds. The Morgan fingerprint density at radius 1 is 1.26 bits per heavy atom. The van der Waals surface area contributed by atoms with E-state index in [1.165, 1.54) is 6.42 Å². The fraction of sp³-hybridized carbons (Fsp3) is 0.933. The third kappa shape index (κ3) is 2.79. The molecule has 0 aromatic rings. The van der Waals surface area contributed by atoms with E-state index < -0.39 is 0 Å². The number of rotatable bonds is 5. The maximum absolute atomic E-state index is 12.6. The van der Waals surface area contributed by atoms with E-state index in [4.69, 9.17) is 5.73 Å². The average molecular weight is 267 g/mol. The van der Waals surface area contributed by atoms with E-state index in [0.29, 0.717) is 18.5 Å². The van der Waals surface area contributed by atoms with Crippen LogP contribution in [-0.2, 0) is 4.79 Å². The highest BCUT2D eigenvalue weighted by Crippen LogP contribution is 2.42. The molecule has 2 fully saturated rings. The van der Waals surface area contributed by atoms with Gasteiger partial charge in [-0.25, -0.2) is 0 Å². The summed E-state index contributed by atoms with van der Waals surface area (Å²) in [6.07, 6.45) is 5.40. The number of amides is 1. The molecule has 0 aromatic heterocycles. The molecule has 1 aliphatic heterocycles. The molecule has 0 radical (unpaired) electrons. The Kier molecular flexibility index (Phi) is 4.85. The highest BCUT2D eigenvalue weighted by Gasteiger charge is 2.45. The van der Waals surface area contributed by atoms with Gasteiger partial charge >= 0.3 is 0 Å². The van der Waals surface area contributed by atoms with Crippen molar-refractivity contribution in [2.45, 2.75) is 52.0 Å². The smallest absolute Gasteiger partial charge is 0.230 e. The van der Waals surface area contributed by atoms with Crippen molar-refractivity contribution < 1.29 is 4.79 Å². The summed E-state index contributed by atoms with van der Waals surface area (Å²) in [7, 11) is 0. The molecule has 1 saturated heterocycles. The Labute approximate surface area is 117 Å². The van der Waals surface area contributed by atoms with Crippen LogP contribution in [0.1, 0.15) is 46.0 Å². The first-order chi connectivity index (χ1) is 9.16. The van der Waals surface area contributed by atoms with Gasteiger partial charge in [0.05, 0.1) is 5.41 Å². The van der Waals surface area contributed by atoms with Gasteiger partial charge < -0.3 is 15.5 Å². The lowest BCUT2D eigenvalue weighted by molar-refractivity contribution is -0.148. The molecule has 2 N–H and O–H groups in total. The lowest BCUT2D eigenvalue weighted by Crippen LogP contribution is -2.55. The summed E-state index contributed by atoms with van der Waals surface area (Å²) in [5.41, 5.74) is 5.65. The number of likely N-dealkylation sites (tertiary alicyclic amines) is 1. The fourth-order valence-corrected chi connectivity index (χ4v) is 3.62. The topological polar surface area (TPSA) is 49.6 Å². The molecule has 0 bridgehead atoms. The van der Waals surface area contributed by atoms with Gasteiger partial charge in [-0.05, 0) is 38.8 Å². The molecule has 0 unspecified atom stereocenters. The first-order valence-electron chi connectivity index (χ1n) is 7.90. The number of nitrogens with two attached hydrogens (primary N) is 1. The van der Waals surface area contributed by atoms with Crippen molar-refractivity contribution in [3.05, 3.63) is 0 Å². The molecule has 1 saturated carbocycles. The Balaban J connectivity index is 1.87. The van der Waals surface area contributed by atoms with E-state index in [9.17, 15) is 4.79 Å². The molecule has 4 nitrogen and oxygen atoms in total. The summed E-state index contributed by atoms with van der Waals surface area (Å²) in [4.78, 5) is 17.2. The highest BCUT2D eigenvalue weighted by atomic mass is 16.2. The number of carbonyl (C=O) groups excluding carboxylic acids is 1. The van der Waals surface area contributed by atoms with E-state index in [0.717, 1.165) is 51.9 Å². The quantitative estimate of drug-likeness (QED) is 0.820. The predicted octanol–water partition coefficient (Wildman–Crippen LogP) is 1.45. The van der Waals surface area contributed by atoms with Crippen molar-refractivity contribution in [2.24, 2.45) is 11.1 Å². The third-order valence-electron chi connectivity index (χ3n) is 5.24. The van der Waals surface area contributed by atoms with Crippen LogP contribution in [0.4, 0.5) is 0 Å². The van der Waals surface area contributed by atoms with Gasteiger partial charge in [-0.3, -0.25) is 4.79 Å². The van der Waals surface area contributed by atoms with Crippen molar-refractivity contribution >= 4 is 5.91 Å². The molecule has 1 heterocycles. The lowest BCUT2D eigenvalue weighted by Gasteiger charge is -2.45. The summed E-state index contributed by atoms with van der Waals surface area (Å²) in [6, 6.07) is 0.661. The molecular weight excluding hydrogens is 238 g/mol. The minimum atomic E-state index is -0.192. The van der Waals surface area contributed by atoms with Crippen molar-refractivity contribution in [1.82, 2.24) is 9.80 Å². The monoisotopic (exact) mass is 267 g/mol. The van der Waals surface area contributed by atoms with Crippen molar-refractivity contribution in [3.8, 4) is 0 Å². The Morgan fingerprint density at radius 3 is 2.21 bits per heavy atom. The van der Waals surface area contributed by atoms with E-state index in [2.05, 4.69) is 23.6 Å². The molecule has 1 aliphatic carbocycles. The summed E-state index contributed by atoms with van der Waals surface area (Å²) < 4.78 is 0. The van der Waals surface area contributed by atoms with Crippen molar-refractivity contribution in [2.75, 3.05) is 32.7 Å². The van der Waals surface area contributed by atoms with Crippen LogP contribution < -0.4 is 5.73 Å². The number of nitrogens with zero attached hydrogens (tertiary/aromatic N) is 2. The second-order valence-corrected chi connectivity index (χ2v) is 6.08. The minimum absolute atomic E-state index is 0.192. The van der Waals surface area contributed by atoms with Gasteiger partial charge in [0.1, 0.15) is 0 Å². The zero-order valence-electron chi connectivity index (χ0n) is 12.5. The van der Waals surface area contributed by atoms with Crippen LogP contribution in [0, 0.1) is 5.41 Å². The van der Waals surface area contributed by atoms with Crippen LogP contribution in [-0.4, -0.2) is 54.5 Å². The number of hydrogen-bond acceptors (Lipinski definition) is 3. The summed E-state index contributed by atoms with van der Waals surface area (Å²) in [6.45, 7) is 9.03. The summed E-state index contributed by atoms with van der Waals surface area (Å²) in [5.74, 6) is 0.333. The molecule has 0 aromatic carbocycles. The molecule has 2 aliphatic rings. The molecule has 2 rings (SSSR count). The van der Waals surface area contributed by atoms with Crippen LogP contribution >= 0.6 is 0 Å². The predicted molar refractivity (Wildman–Crippen MR) is 77.9 cm³/mol. The molecule has 19 heavy (non-hydrogen) atoms. The Bertz CT molecular complexity index is 297. The molecule has 0 spiro atoms. The second-order valence-electron chi connectivity index (χ2n) is 6.08. The maximum atomic E-state index is 12.6. The van der Waals surface area contributed by atoms with Gasteiger partial charge in [0, 0.05) is 25.7 Å². The van der Waals surface area contributed by atoms with Crippen LogP contribution in [0.3, 0.4) is 0 Å². The first-order valence-corrected chi connectivity index (χ1v) is 7.90. The number of piperidine rings is 1. The van der Waals surface area contributed by atoms with E-state index in [1.54, 1.807) is 0 Å². The Hall–Kier alpha value is -0.610. The van der Waals surface area contributed by atoms with E-state index in [1.807, 2.05) is 0 Å². The second kappa shape index (κ2) is 6.23. The zero-order valence-corrected chi connectivity index (χ0v) is 12.5. The number of hydrogen-bond donors (Lipinski definition) is 1. The highest BCUT2D eigenvalue weighted by molar-refractivity contribution is 5.84. The standard InChI is InChI=1S/C15H29N3O/c1-3-17(4-2)13-6-10-18(11-7-13)14(19)15(12-16)8-5-9-15/h13H,3-12,16H2,1-2H3. The normalized spacial score (nSPS) is 23.5. The molecular formula is C15H29N3O. The lowest BCUT2D eigenvalue weighted by atomic mass is 9.67. The van der Waals surface area contributed by atoms with Gasteiger partial charge in [0.2, 0.25) is 5.91 Å². The van der Waals surface area contributed by atoms with E-state index in [-0.39, 0.29) is 5.41 Å². The average Bonchev–Trinajstić information content (AvgIpc) is 2.40. The van der Waals surface area contributed by atoms with Crippen LogP contribution in [0.25, 0.3) is 0 Å². The molecule has 0 atom stereocenters. The van der Waals surface area contributed by atoms with Crippen LogP contribution in [0.2, 0.25) is 0 Å². The number of carbonyl (C=O) groups is 1. The first kappa shape index (κ1) is 14.8. The summed E-state index contributed by atoms with van der Waals surface area (Å²) in [5, 5.41) is 0. The van der Waals surface area contributed by atoms with Crippen molar-refractivity contribution in [1.29, 1.82) is 0 Å². The maximum Gasteiger partial charge on any atom is 0.230 e.